The number of rotatable bonds is 3. The number of tetrazole rings is 1. The van der Waals surface area contributed by atoms with Crippen molar-refractivity contribution in [3.8, 4) is 0 Å². The van der Waals surface area contributed by atoms with Crippen LogP contribution in [0.2, 0.25) is 0 Å². The largest absolute Gasteiger partial charge is 0.300 e. The van der Waals surface area contributed by atoms with Crippen molar-refractivity contribution in [1.82, 2.24) is 25.1 Å². The molecule has 2 rings (SSSR count). The van der Waals surface area contributed by atoms with Crippen molar-refractivity contribution in [2.75, 3.05) is 25.0 Å². The smallest absolute Gasteiger partial charge is 0.270 e. The van der Waals surface area contributed by atoms with E-state index in [0.29, 0.717) is 25.9 Å². The summed E-state index contributed by atoms with van der Waals surface area (Å²) in [5.74, 6) is 0.273. The minimum Gasteiger partial charge on any atom is -0.300 e. The minimum absolute atomic E-state index is 0.188. The first kappa shape index (κ1) is 11.6. The molecule has 0 radical (unpaired) electrons. The van der Waals surface area contributed by atoms with Crippen LogP contribution in [0, 0.1) is 0 Å². The molecule has 1 aromatic heterocycles. The van der Waals surface area contributed by atoms with Crippen LogP contribution in [0.5, 0.6) is 0 Å². The third-order valence-electron chi connectivity index (χ3n) is 2.54. The SMILES string of the molecule is Cn1nnc(NC(=O)CN2CCC(=O)CC2)n1. The van der Waals surface area contributed by atoms with E-state index in [1.807, 2.05) is 4.90 Å². The average Bonchev–Trinajstić information content (AvgIpc) is 2.67. The van der Waals surface area contributed by atoms with Gasteiger partial charge in [0.2, 0.25) is 5.91 Å². The van der Waals surface area contributed by atoms with Crippen LogP contribution in [-0.2, 0) is 16.6 Å². The lowest BCUT2D eigenvalue weighted by Gasteiger charge is -2.24. The first-order chi connectivity index (χ1) is 8.13. The van der Waals surface area contributed by atoms with E-state index in [-0.39, 0.29) is 24.2 Å². The molecule has 8 heteroatoms. The quantitative estimate of drug-likeness (QED) is 0.712. The van der Waals surface area contributed by atoms with E-state index in [0.717, 1.165) is 0 Å². The molecule has 8 nitrogen and oxygen atoms in total. The predicted molar refractivity (Wildman–Crippen MR) is 58.1 cm³/mol. The Bertz CT molecular complexity index is 419. The molecule has 17 heavy (non-hydrogen) atoms. The van der Waals surface area contributed by atoms with Crippen molar-refractivity contribution in [2.45, 2.75) is 12.8 Å². The Balaban J connectivity index is 1.79. The maximum Gasteiger partial charge on any atom is 0.270 e. The third kappa shape index (κ3) is 3.31. The van der Waals surface area contributed by atoms with E-state index in [1.165, 1.54) is 4.80 Å². The van der Waals surface area contributed by atoms with Gasteiger partial charge in [0, 0.05) is 25.9 Å². The Morgan fingerprint density at radius 1 is 1.41 bits per heavy atom. The van der Waals surface area contributed by atoms with Gasteiger partial charge in [-0.15, -0.1) is 5.10 Å². The molecular formula is C9H14N6O2. The van der Waals surface area contributed by atoms with Crippen molar-refractivity contribution in [2.24, 2.45) is 7.05 Å². The Hall–Kier alpha value is -1.83. The summed E-state index contributed by atoms with van der Waals surface area (Å²) in [5.41, 5.74) is 0. The summed E-state index contributed by atoms with van der Waals surface area (Å²) in [4.78, 5) is 25.9. The Kier molecular flexibility index (Phi) is 3.43. The van der Waals surface area contributed by atoms with Gasteiger partial charge in [0.1, 0.15) is 5.78 Å². The number of aryl methyl sites for hydroxylation is 1. The molecule has 2 heterocycles. The second kappa shape index (κ2) is 5.00. The molecule has 0 bridgehead atoms. The highest BCUT2D eigenvalue weighted by Crippen LogP contribution is 2.05. The summed E-state index contributed by atoms with van der Waals surface area (Å²) in [7, 11) is 1.62. The standard InChI is InChI=1S/C9H14N6O2/c1-14-12-9(11-13-14)10-8(17)6-15-4-2-7(16)3-5-15/h2-6H2,1H3,(H,10,12,17). The van der Waals surface area contributed by atoms with E-state index in [1.54, 1.807) is 7.05 Å². The maximum absolute atomic E-state index is 11.6. The lowest BCUT2D eigenvalue weighted by atomic mass is 10.1. The number of hydrogen-bond acceptors (Lipinski definition) is 6. The number of amides is 1. The van der Waals surface area contributed by atoms with Gasteiger partial charge in [-0.2, -0.15) is 4.80 Å². The van der Waals surface area contributed by atoms with Crippen LogP contribution in [0.15, 0.2) is 0 Å². The average molecular weight is 238 g/mol. The molecule has 1 fully saturated rings. The number of aromatic nitrogens is 4. The molecule has 1 saturated heterocycles. The Labute approximate surface area is 98.0 Å². The number of hydrogen-bond donors (Lipinski definition) is 1. The molecule has 92 valence electrons. The van der Waals surface area contributed by atoms with Crippen molar-refractivity contribution in [3.05, 3.63) is 0 Å². The summed E-state index contributed by atoms with van der Waals surface area (Å²) >= 11 is 0. The van der Waals surface area contributed by atoms with Crippen LogP contribution in [0.4, 0.5) is 5.95 Å². The minimum atomic E-state index is -0.188. The molecule has 1 aliphatic heterocycles. The van der Waals surface area contributed by atoms with Gasteiger partial charge in [-0.05, 0) is 5.21 Å². The fraction of sp³-hybridized carbons (Fsp3) is 0.667. The van der Waals surface area contributed by atoms with Gasteiger partial charge in [0.25, 0.3) is 5.95 Å². The molecule has 0 unspecified atom stereocenters. The van der Waals surface area contributed by atoms with Gasteiger partial charge in [0.05, 0.1) is 13.6 Å². The van der Waals surface area contributed by atoms with Crippen molar-refractivity contribution in [3.63, 3.8) is 0 Å². The second-order valence-corrected chi connectivity index (χ2v) is 3.97. The molecule has 0 atom stereocenters. The Morgan fingerprint density at radius 3 is 2.71 bits per heavy atom. The fourth-order valence-electron chi connectivity index (χ4n) is 1.66. The lowest BCUT2D eigenvalue weighted by Crippen LogP contribution is -2.39. The Morgan fingerprint density at radius 2 is 2.12 bits per heavy atom. The lowest BCUT2D eigenvalue weighted by molar-refractivity contribution is -0.124. The zero-order valence-electron chi connectivity index (χ0n) is 9.59. The highest BCUT2D eigenvalue weighted by molar-refractivity contribution is 5.90. The molecule has 0 aromatic carbocycles. The number of anilines is 1. The molecule has 1 aliphatic rings. The van der Waals surface area contributed by atoms with Gasteiger partial charge >= 0.3 is 0 Å². The van der Waals surface area contributed by atoms with Crippen molar-refractivity contribution in [1.29, 1.82) is 0 Å². The van der Waals surface area contributed by atoms with Crippen LogP contribution in [-0.4, -0.2) is 56.4 Å². The highest BCUT2D eigenvalue weighted by Gasteiger charge is 2.18. The van der Waals surface area contributed by atoms with E-state index < -0.39 is 0 Å². The molecule has 0 aliphatic carbocycles. The summed E-state index contributed by atoms with van der Waals surface area (Å²) < 4.78 is 0. The number of piperidine rings is 1. The molecule has 1 amide bonds. The van der Waals surface area contributed by atoms with Gasteiger partial charge < -0.3 is 0 Å². The van der Waals surface area contributed by atoms with Crippen LogP contribution in [0.1, 0.15) is 12.8 Å². The molecule has 1 aromatic rings. The van der Waals surface area contributed by atoms with Gasteiger partial charge in [-0.3, -0.25) is 19.8 Å². The van der Waals surface area contributed by atoms with E-state index in [4.69, 9.17) is 0 Å². The van der Waals surface area contributed by atoms with E-state index >= 15 is 0 Å². The number of Topliss-reactive ketones (excluding diaryl/α,β-unsaturated/α-hetero) is 1. The molecule has 0 saturated carbocycles. The van der Waals surface area contributed by atoms with Crippen molar-refractivity contribution >= 4 is 17.6 Å². The summed E-state index contributed by atoms with van der Waals surface area (Å²) in [6.45, 7) is 1.53. The fourth-order valence-corrected chi connectivity index (χ4v) is 1.66. The first-order valence-electron chi connectivity index (χ1n) is 5.41. The summed E-state index contributed by atoms with van der Waals surface area (Å²) in [5, 5.41) is 13.7. The third-order valence-corrected chi connectivity index (χ3v) is 2.54. The number of carbonyl (C=O) groups is 2. The van der Waals surface area contributed by atoms with Crippen LogP contribution in [0.3, 0.4) is 0 Å². The topological polar surface area (TPSA) is 93.0 Å². The highest BCUT2D eigenvalue weighted by atomic mass is 16.2. The zero-order valence-corrected chi connectivity index (χ0v) is 9.59. The number of ketones is 1. The molecule has 1 N–H and O–H groups in total. The zero-order chi connectivity index (χ0) is 12.3. The number of carbonyl (C=O) groups excluding carboxylic acids is 2. The van der Waals surface area contributed by atoms with Crippen LogP contribution >= 0.6 is 0 Å². The van der Waals surface area contributed by atoms with E-state index in [9.17, 15) is 9.59 Å². The number of likely N-dealkylation sites (tertiary alicyclic amines) is 1. The monoisotopic (exact) mass is 238 g/mol. The van der Waals surface area contributed by atoms with Crippen LogP contribution < -0.4 is 5.32 Å². The van der Waals surface area contributed by atoms with Gasteiger partial charge in [0.15, 0.2) is 0 Å². The predicted octanol–water partition coefficient (Wildman–Crippen LogP) is -1.19. The van der Waals surface area contributed by atoms with Gasteiger partial charge in [-0.1, -0.05) is 5.10 Å². The van der Waals surface area contributed by atoms with E-state index in [2.05, 4.69) is 20.7 Å². The maximum atomic E-state index is 11.6. The molecule has 0 spiro atoms. The molecular weight excluding hydrogens is 224 g/mol. The first-order valence-corrected chi connectivity index (χ1v) is 5.41. The summed E-state index contributed by atoms with van der Waals surface area (Å²) in [6.07, 6.45) is 1.05. The van der Waals surface area contributed by atoms with Gasteiger partial charge in [-0.25, -0.2) is 0 Å². The number of nitrogens with one attached hydrogen (secondary N) is 1. The summed E-state index contributed by atoms with van der Waals surface area (Å²) in [6, 6.07) is 0. The normalized spacial score (nSPS) is 17.1. The number of nitrogens with zero attached hydrogens (tertiary/aromatic N) is 5. The van der Waals surface area contributed by atoms with Crippen molar-refractivity contribution < 1.29 is 9.59 Å². The van der Waals surface area contributed by atoms with Crippen LogP contribution in [0.25, 0.3) is 0 Å². The second-order valence-electron chi connectivity index (χ2n) is 3.97.